The summed E-state index contributed by atoms with van der Waals surface area (Å²) in [6.07, 6.45) is 0.817. The summed E-state index contributed by atoms with van der Waals surface area (Å²) in [6.45, 7) is 5.36. The maximum atomic E-state index is 13.6. The van der Waals surface area contributed by atoms with E-state index in [0.29, 0.717) is 22.5 Å². The molecule has 26 heavy (non-hydrogen) atoms. The van der Waals surface area contributed by atoms with Crippen LogP contribution in [0.4, 0.5) is 4.39 Å². The summed E-state index contributed by atoms with van der Waals surface area (Å²) in [7, 11) is 0. The number of halogens is 1. The molecular formula is C18H19FN4O3. The van der Waals surface area contributed by atoms with Gasteiger partial charge < -0.3 is 14.6 Å². The predicted molar refractivity (Wildman–Crippen MR) is 93.1 cm³/mol. The van der Waals surface area contributed by atoms with E-state index in [4.69, 9.17) is 9.26 Å². The Morgan fingerprint density at radius 3 is 2.92 bits per heavy atom. The smallest absolute Gasteiger partial charge is 0.265 e. The topological polar surface area (TPSA) is 90.1 Å². The molecule has 3 aromatic rings. The molecule has 0 aliphatic rings. The fourth-order valence-corrected chi connectivity index (χ4v) is 2.42. The molecule has 2 heterocycles. The molecule has 7 nitrogen and oxygen atoms in total. The van der Waals surface area contributed by atoms with Gasteiger partial charge in [0.2, 0.25) is 5.88 Å². The highest BCUT2D eigenvalue weighted by Crippen LogP contribution is 2.33. The number of nitrogens with one attached hydrogen (secondary N) is 1. The summed E-state index contributed by atoms with van der Waals surface area (Å²) in [4.78, 5) is 20.4. The molecule has 0 saturated heterocycles. The van der Waals surface area contributed by atoms with Gasteiger partial charge in [0, 0.05) is 11.6 Å². The third kappa shape index (κ3) is 3.79. The molecule has 1 unspecified atom stereocenters. The summed E-state index contributed by atoms with van der Waals surface area (Å²) in [5, 5.41) is 7.19. The van der Waals surface area contributed by atoms with Crippen molar-refractivity contribution >= 4 is 17.0 Å². The molecule has 0 aliphatic heterocycles. The van der Waals surface area contributed by atoms with Crippen molar-refractivity contribution in [2.75, 3.05) is 6.61 Å². The largest absolute Gasteiger partial charge is 0.467 e. The zero-order chi connectivity index (χ0) is 18.7. The zero-order valence-electron chi connectivity index (χ0n) is 14.7. The van der Waals surface area contributed by atoms with Crippen molar-refractivity contribution in [3.8, 4) is 17.1 Å². The van der Waals surface area contributed by atoms with E-state index in [-0.39, 0.29) is 30.1 Å². The van der Waals surface area contributed by atoms with Crippen LogP contribution >= 0.6 is 0 Å². The monoisotopic (exact) mass is 358 g/mol. The van der Waals surface area contributed by atoms with Crippen molar-refractivity contribution in [1.82, 2.24) is 20.4 Å². The third-order valence-electron chi connectivity index (χ3n) is 3.87. The Morgan fingerprint density at radius 2 is 2.19 bits per heavy atom. The van der Waals surface area contributed by atoms with Gasteiger partial charge in [0.25, 0.3) is 11.6 Å². The van der Waals surface area contributed by atoms with Crippen LogP contribution in [-0.4, -0.2) is 33.7 Å². The second kappa shape index (κ2) is 7.47. The fraction of sp³-hybridized carbons (Fsp3) is 0.333. The lowest BCUT2D eigenvalue weighted by Gasteiger charge is -2.12. The predicted octanol–water partition coefficient (Wildman–Crippen LogP) is 3.03. The van der Waals surface area contributed by atoms with Gasteiger partial charge in [-0.05, 0) is 32.4 Å². The molecule has 1 amide bonds. The molecule has 1 N–H and O–H groups in total. The van der Waals surface area contributed by atoms with Gasteiger partial charge >= 0.3 is 0 Å². The van der Waals surface area contributed by atoms with E-state index in [2.05, 4.69) is 20.4 Å². The van der Waals surface area contributed by atoms with E-state index in [1.54, 1.807) is 19.1 Å². The van der Waals surface area contributed by atoms with E-state index in [1.165, 1.54) is 12.1 Å². The first kappa shape index (κ1) is 17.8. The van der Waals surface area contributed by atoms with Crippen molar-refractivity contribution in [3.63, 3.8) is 0 Å². The number of amides is 1. The number of hydrogen-bond acceptors (Lipinski definition) is 6. The normalized spacial score (nSPS) is 12.2. The van der Waals surface area contributed by atoms with Crippen molar-refractivity contribution < 1.29 is 18.4 Å². The summed E-state index contributed by atoms with van der Waals surface area (Å²) in [5.74, 6) is -0.0707. The van der Waals surface area contributed by atoms with Gasteiger partial charge in [-0.25, -0.2) is 4.39 Å². The van der Waals surface area contributed by atoms with E-state index in [1.807, 2.05) is 13.8 Å². The molecule has 8 heteroatoms. The number of aryl methyl sites for hydroxylation is 1. The van der Waals surface area contributed by atoms with Gasteiger partial charge in [-0.1, -0.05) is 24.2 Å². The Morgan fingerprint density at radius 1 is 1.38 bits per heavy atom. The van der Waals surface area contributed by atoms with Gasteiger partial charge in [0.05, 0.1) is 0 Å². The van der Waals surface area contributed by atoms with E-state index >= 15 is 0 Å². The zero-order valence-corrected chi connectivity index (χ0v) is 14.7. The maximum Gasteiger partial charge on any atom is 0.265 e. The first-order chi connectivity index (χ1) is 12.5. The number of fused-ring (bicyclic) bond motifs is 1. The fourth-order valence-electron chi connectivity index (χ4n) is 2.42. The van der Waals surface area contributed by atoms with Crippen molar-refractivity contribution in [1.29, 1.82) is 0 Å². The van der Waals surface area contributed by atoms with Gasteiger partial charge in [0.15, 0.2) is 6.61 Å². The van der Waals surface area contributed by atoms with E-state index in [9.17, 15) is 9.18 Å². The van der Waals surface area contributed by atoms with Gasteiger partial charge in [0.1, 0.15) is 22.7 Å². The van der Waals surface area contributed by atoms with Crippen LogP contribution in [0.15, 0.2) is 28.8 Å². The standard InChI is InChI=1S/C18H19FN4O3/c1-4-10(2)20-14(24)9-25-17-15-16(12-6-5-7-13(19)8-12)23-26-18(15)22-11(3)21-17/h5-8,10H,4,9H2,1-3H3,(H,20,24). The van der Waals surface area contributed by atoms with Crippen LogP contribution < -0.4 is 10.1 Å². The van der Waals surface area contributed by atoms with E-state index < -0.39 is 5.82 Å². The number of ether oxygens (including phenoxy) is 1. The Balaban J connectivity index is 1.94. The first-order valence-electron chi connectivity index (χ1n) is 8.30. The first-order valence-corrected chi connectivity index (χ1v) is 8.30. The molecule has 3 rings (SSSR count). The quantitative estimate of drug-likeness (QED) is 0.728. The van der Waals surface area contributed by atoms with Crippen LogP contribution in [0.5, 0.6) is 5.88 Å². The minimum absolute atomic E-state index is 0.0525. The molecule has 0 fully saturated rings. The van der Waals surface area contributed by atoms with Crippen molar-refractivity contribution in [2.24, 2.45) is 0 Å². The van der Waals surface area contributed by atoms with Crippen LogP contribution in [0, 0.1) is 12.7 Å². The Labute approximate surface area is 149 Å². The molecule has 136 valence electrons. The lowest BCUT2D eigenvalue weighted by molar-refractivity contribution is -0.123. The lowest BCUT2D eigenvalue weighted by Crippen LogP contribution is -2.35. The number of benzene rings is 1. The van der Waals surface area contributed by atoms with Crippen LogP contribution in [0.25, 0.3) is 22.4 Å². The molecule has 0 aliphatic carbocycles. The van der Waals surface area contributed by atoms with Crippen LogP contribution in [0.1, 0.15) is 26.1 Å². The van der Waals surface area contributed by atoms with Crippen molar-refractivity contribution in [3.05, 3.63) is 35.9 Å². The molecule has 0 bridgehead atoms. The summed E-state index contributed by atoms with van der Waals surface area (Å²) >= 11 is 0. The Bertz CT molecular complexity index is 941. The summed E-state index contributed by atoms with van der Waals surface area (Å²) in [6, 6.07) is 5.98. The number of nitrogens with zero attached hydrogens (tertiary/aromatic N) is 3. The van der Waals surface area contributed by atoms with Crippen LogP contribution in [-0.2, 0) is 4.79 Å². The number of carbonyl (C=O) groups excluding carboxylic acids is 1. The number of hydrogen-bond donors (Lipinski definition) is 1. The average molecular weight is 358 g/mol. The Kier molecular flexibility index (Phi) is 5.11. The molecule has 0 spiro atoms. The van der Waals surface area contributed by atoms with Crippen molar-refractivity contribution in [2.45, 2.75) is 33.2 Å². The molecule has 1 aromatic carbocycles. The minimum atomic E-state index is -0.401. The minimum Gasteiger partial charge on any atom is -0.467 e. The molecule has 0 saturated carbocycles. The van der Waals surface area contributed by atoms with Crippen LogP contribution in [0.3, 0.4) is 0 Å². The highest BCUT2D eigenvalue weighted by molar-refractivity contribution is 5.93. The van der Waals surface area contributed by atoms with Gasteiger partial charge in [-0.2, -0.15) is 9.97 Å². The number of aromatic nitrogens is 3. The molecular weight excluding hydrogens is 339 g/mol. The summed E-state index contributed by atoms with van der Waals surface area (Å²) in [5.41, 5.74) is 1.08. The number of rotatable bonds is 6. The number of carbonyl (C=O) groups is 1. The second-order valence-corrected chi connectivity index (χ2v) is 5.96. The third-order valence-corrected chi connectivity index (χ3v) is 3.87. The van der Waals surface area contributed by atoms with Crippen LogP contribution in [0.2, 0.25) is 0 Å². The van der Waals surface area contributed by atoms with E-state index in [0.717, 1.165) is 6.42 Å². The molecule has 1 atom stereocenters. The molecule has 0 radical (unpaired) electrons. The Hall–Kier alpha value is -3.03. The average Bonchev–Trinajstić information content (AvgIpc) is 3.03. The highest BCUT2D eigenvalue weighted by Gasteiger charge is 2.20. The van der Waals surface area contributed by atoms with Gasteiger partial charge in [-0.3, -0.25) is 4.79 Å². The SMILES string of the molecule is CCC(C)NC(=O)COc1nc(C)nc2onc(-c3cccc(F)c3)c12. The lowest BCUT2D eigenvalue weighted by atomic mass is 10.1. The maximum absolute atomic E-state index is 13.6. The van der Waals surface area contributed by atoms with Gasteiger partial charge in [-0.15, -0.1) is 0 Å². The highest BCUT2D eigenvalue weighted by atomic mass is 19.1. The summed E-state index contributed by atoms with van der Waals surface area (Å²) < 4.78 is 24.4. The molecule has 2 aromatic heterocycles. The second-order valence-electron chi connectivity index (χ2n) is 5.96.